The molecular weight excluding hydrogens is 369 g/mol. The van der Waals surface area contributed by atoms with Crippen molar-refractivity contribution in [1.82, 2.24) is 9.80 Å². The van der Waals surface area contributed by atoms with Crippen LogP contribution in [0.2, 0.25) is 0 Å². The fraction of sp³-hybridized carbons (Fsp3) is 0.391. The molecule has 29 heavy (non-hydrogen) atoms. The Morgan fingerprint density at radius 1 is 1.03 bits per heavy atom. The lowest BCUT2D eigenvalue weighted by molar-refractivity contribution is -0.136. The lowest BCUT2D eigenvalue weighted by atomic mass is 10.1. The molecule has 1 fully saturated rings. The molecule has 2 aromatic rings. The summed E-state index contributed by atoms with van der Waals surface area (Å²) < 4.78 is 13.2. The SMILES string of the molecule is CCC[C@@H](C(=O)N1CCN(c2ccc(F)cc2)CC1)N1Cc2ccccc2C1=O. The van der Waals surface area contributed by atoms with E-state index in [0.717, 1.165) is 17.7 Å². The maximum absolute atomic E-state index is 13.3. The summed E-state index contributed by atoms with van der Waals surface area (Å²) in [5, 5.41) is 0. The van der Waals surface area contributed by atoms with Crippen molar-refractivity contribution in [3.05, 3.63) is 65.5 Å². The van der Waals surface area contributed by atoms with Gasteiger partial charge in [0.1, 0.15) is 11.9 Å². The van der Waals surface area contributed by atoms with Crippen LogP contribution in [0.15, 0.2) is 48.5 Å². The van der Waals surface area contributed by atoms with Crippen molar-refractivity contribution in [2.45, 2.75) is 32.4 Å². The number of benzene rings is 2. The maximum Gasteiger partial charge on any atom is 0.255 e. The third-order valence-corrected chi connectivity index (χ3v) is 5.86. The van der Waals surface area contributed by atoms with Gasteiger partial charge in [-0.15, -0.1) is 0 Å². The van der Waals surface area contributed by atoms with Crippen LogP contribution in [0.5, 0.6) is 0 Å². The Balaban J connectivity index is 1.43. The number of amides is 2. The van der Waals surface area contributed by atoms with Gasteiger partial charge in [0.25, 0.3) is 5.91 Å². The molecule has 152 valence electrons. The molecule has 0 aromatic heterocycles. The van der Waals surface area contributed by atoms with Crippen LogP contribution in [-0.4, -0.2) is 53.8 Å². The molecule has 4 rings (SSSR count). The van der Waals surface area contributed by atoms with Gasteiger partial charge in [-0.25, -0.2) is 4.39 Å². The number of hydrogen-bond donors (Lipinski definition) is 0. The molecule has 2 amide bonds. The van der Waals surface area contributed by atoms with E-state index < -0.39 is 6.04 Å². The predicted molar refractivity (Wildman–Crippen MR) is 110 cm³/mol. The highest BCUT2D eigenvalue weighted by Gasteiger charge is 2.38. The van der Waals surface area contributed by atoms with E-state index >= 15 is 0 Å². The summed E-state index contributed by atoms with van der Waals surface area (Å²) in [6.07, 6.45) is 1.50. The fourth-order valence-electron chi connectivity index (χ4n) is 4.26. The maximum atomic E-state index is 13.3. The molecule has 0 bridgehead atoms. The topological polar surface area (TPSA) is 43.9 Å². The van der Waals surface area contributed by atoms with Gasteiger partial charge in [0.15, 0.2) is 0 Å². The monoisotopic (exact) mass is 395 g/mol. The normalized spacial score (nSPS) is 17.4. The van der Waals surface area contributed by atoms with Crippen molar-refractivity contribution in [1.29, 1.82) is 0 Å². The molecule has 0 spiro atoms. The molecule has 0 unspecified atom stereocenters. The van der Waals surface area contributed by atoms with Crippen LogP contribution in [0, 0.1) is 5.82 Å². The highest BCUT2D eigenvalue weighted by molar-refractivity contribution is 6.01. The minimum Gasteiger partial charge on any atom is -0.368 e. The van der Waals surface area contributed by atoms with Crippen molar-refractivity contribution in [3.63, 3.8) is 0 Å². The molecule has 2 aliphatic heterocycles. The van der Waals surface area contributed by atoms with E-state index in [1.807, 2.05) is 36.1 Å². The average Bonchev–Trinajstić information content (AvgIpc) is 3.09. The third kappa shape index (κ3) is 3.84. The lowest BCUT2D eigenvalue weighted by Gasteiger charge is -2.39. The first kappa shape index (κ1) is 19.4. The number of anilines is 1. The van der Waals surface area contributed by atoms with E-state index in [4.69, 9.17) is 0 Å². The van der Waals surface area contributed by atoms with Crippen molar-refractivity contribution in [2.24, 2.45) is 0 Å². The Bertz CT molecular complexity index is 891. The van der Waals surface area contributed by atoms with Crippen LogP contribution in [0.3, 0.4) is 0 Å². The van der Waals surface area contributed by atoms with Crippen LogP contribution in [0.25, 0.3) is 0 Å². The second-order valence-electron chi connectivity index (χ2n) is 7.68. The number of hydrogen-bond acceptors (Lipinski definition) is 3. The average molecular weight is 395 g/mol. The molecule has 1 atom stereocenters. The molecule has 0 radical (unpaired) electrons. The van der Waals surface area contributed by atoms with Gasteiger partial charge in [0.05, 0.1) is 0 Å². The van der Waals surface area contributed by atoms with Gasteiger partial charge in [0, 0.05) is 44.0 Å². The van der Waals surface area contributed by atoms with Crippen molar-refractivity contribution in [3.8, 4) is 0 Å². The number of carbonyl (C=O) groups excluding carboxylic acids is 2. The van der Waals surface area contributed by atoms with E-state index in [0.29, 0.717) is 44.7 Å². The van der Waals surface area contributed by atoms with Crippen LogP contribution >= 0.6 is 0 Å². The second kappa shape index (κ2) is 8.23. The van der Waals surface area contributed by atoms with Gasteiger partial charge in [-0.1, -0.05) is 31.5 Å². The smallest absolute Gasteiger partial charge is 0.255 e. The summed E-state index contributed by atoms with van der Waals surface area (Å²) in [6.45, 7) is 5.15. The predicted octanol–water partition coefficient (Wildman–Crippen LogP) is 3.30. The quantitative estimate of drug-likeness (QED) is 0.780. The van der Waals surface area contributed by atoms with Gasteiger partial charge < -0.3 is 14.7 Å². The van der Waals surface area contributed by atoms with Gasteiger partial charge in [-0.05, 0) is 42.3 Å². The van der Waals surface area contributed by atoms with Crippen LogP contribution in [0.1, 0.15) is 35.7 Å². The zero-order valence-corrected chi connectivity index (χ0v) is 16.7. The molecular formula is C23H26FN3O2. The highest BCUT2D eigenvalue weighted by atomic mass is 19.1. The molecule has 2 heterocycles. The van der Waals surface area contributed by atoms with E-state index in [1.54, 1.807) is 17.0 Å². The Morgan fingerprint density at radius 2 is 1.72 bits per heavy atom. The third-order valence-electron chi connectivity index (χ3n) is 5.86. The number of fused-ring (bicyclic) bond motifs is 1. The molecule has 0 aliphatic carbocycles. The number of nitrogens with zero attached hydrogens (tertiary/aromatic N) is 3. The standard InChI is InChI=1S/C23H26FN3O2/c1-2-5-21(27-16-17-6-3-4-7-20(17)22(27)28)23(29)26-14-12-25(13-15-26)19-10-8-18(24)9-11-19/h3-4,6-11,21H,2,5,12-16H2,1H3/t21-/m0/s1. The number of carbonyl (C=O) groups is 2. The van der Waals surface area contributed by atoms with Gasteiger partial charge in [0.2, 0.25) is 5.91 Å². The lowest BCUT2D eigenvalue weighted by Crippen LogP contribution is -2.55. The molecule has 5 nitrogen and oxygen atoms in total. The van der Waals surface area contributed by atoms with E-state index in [-0.39, 0.29) is 17.6 Å². The summed E-state index contributed by atoms with van der Waals surface area (Å²) in [5.74, 6) is -0.259. The minimum atomic E-state index is -0.419. The largest absolute Gasteiger partial charge is 0.368 e. The van der Waals surface area contributed by atoms with Gasteiger partial charge in [-0.2, -0.15) is 0 Å². The molecule has 0 saturated carbocycles. The second-order valence-corrected chi connectivity index (χ2v) is 7.68. The first-order valence-corrected chi connectivity index (χ1v) is 10.3. The zero-order chi connectivity index (χ0) is 20.4. The number of rotatable bonds is 5. The zero-order valence-electron chi connectivity index (χ0n) is 16.7. The van der Waals surface area contributed by atoms with Crippen LogP contribution < -0.4 is 4.90 Å². The highest BCUT2D eigenvalue weighted by Crippen LogP contribution is 2.27. The summed E-state index contributed by atoms with van der Waals surface area (Å²) in [5.41, 5.74) is 2.67. The first-order chi connectivity index (χ1) is 14.1. The Kier molecular flexibility index (Phi) is 5.51. The van der Waals surface area contributed by atoms with E-state index in [2.05, 4.69) is 4.90 Å². The molecule has 6 heteroatoms. The minimum absolute atomic E-state index is 0.0340. The summed E-state index contributed by atoms with van der Waals surface area (Å²) >= 11 is 0. The summed E-state index contributed by atoms with van der Waals surface area (Å²) in [4.78, 5) is 32.0. The first-order valence-electron chi connectivity index (χ1n) is 10.3. The Hall–Kier alpha value is -2.89. The molecule has 0 N–H and O–H groups in total. The summed E-state index contributed by atoms with van der Waals surface area (Å²) in [7, 11) is 0. The van der Waals surface area contributed by atoms with Crippen LogP contribution in [0.4, 0.5) is 10.1 Å². The van der Waals surface area contributed by atoms with Crippen molar-refractivity contribution in [2.75, 3.05) is 31.1 Å². The number of piperazine rings is 1. The Labute approximate surface area is 170 Å². The Morgan fingerprint density at radius 3 is 2.38 bits per heavy atom. The molecule has 2 aromatic carbocycles. The fourth-order valence-corrected chi connectivity index (χ4v) is 4.26. The van der Waals surface area contributed by atoms with Crippen molar-refractivity contribution < 1.29 is 14.0 Å². The number of halogens is 1. The summed E-state index contributed by atoms with van der Waals surface area (Å²) in [6, 6.07) is 13.6. The van der Waals surface area contributed by atoms with E-state index in [9.17, 15) is 14.0 Å². The molecule has 1 saturated heterocycles. The van der Waals surface area contributed by atoms with Crippen molar-refractivity contribution >= 4 is 17.5 Å². The van der Waals surface area contributed by atoms with E-state index in [1.165, 1.54) is 12.1 Å². The molecule has 2 aliphatic rings. The van der Waals surface area contributed by atoms with Gasteiger partial charge >= 0.3 is 0 Å². The van der Waals surface area contributed by atoms with Crippen LogP contribution in [-0.2, 0) is 11.3 Å². The van der Waals surface area contributed by atoms with Gasteiger partial charge in [-0.3, -0.25) is 9.59 Å².